The van der Waals surface area contributed by atoms with E-state index < -0.39 is 0 Å². The second-order valence-corrected chi connectivity index (χ2v) is 3.23. The molecule has 0 saturated carbocycles. The SMILES string of the molecule is CN[C@H](/C=C(\C)CO)C(C)C. The van der Waals surface area contributed by atoms with Crippen LogP contribution in [0.1, 0.15) is 20.8 Å². The predicted octanol–water partition coefficient (Wildman–Crippen LogP) is 1.17. The quantitative estimate of drug-likeness (QED) is 0.600. The third-order valence-electron chi connectivity index (χ3n) is 1.77. The van der Waals surface area contributed by atoms with E-state index >= 15 is 0 Å². The molecule has 0 aliphatic rings. The van der Waals surface area contributed by atoms with Crippen LogP contribution in [0.5, 0.6) is 0 Å². The van der Waals surface area contributed by atoms with Crippen LogP contribution in [0, 0.1) is 5.92 Å². The Labute approximate surface area is 69.3 Å². The minimum atomic E-state index is 0.158. The van der Waals surface area contributed by atoms with E-state index in [0.717, 1.165) is 5.57 Å². The molecule has 66 valence electrons. The molecule has 11 heavy (non-hydrogen) atoms. The van der Waals surface area contributed by atoms with Crippen LogP contribution in [0.25, 0.3) is 0 Å². The summed E-state index contributed by atoms with van der Waals surface area (Å²) < 4.78 is 0. The lowest BCUT2D eigenvalue weighted by Gasteiger charge is -2.16. The Morgan fingerprint density at radius 2 is 2.09 bits per heavy atom. The molecule has 2 N–H and O–H groups in total. The van der Waals surface area contributed by atoms with Gasteiger partial charge in [-0.15, -0.1) is 0 Å². The minimum Gasteiger partial charge on any atom is -0.392 e. The van der Waals surface area contributed by atoms with Crippen LogP contribution in [-0.4, -0.2) is 24.8 Å². The maximum atomic E-state index is 8.76. The van der Waals surface area contributed by atoms with Crippen molar-refractivity contribution in [2.75, 3.05) is 13.7 Å². The van der Waals surface area contributed by atoms with Gasteiger partial charge in [0.1, 0.15) is 0 Å². The lowest BCUT2D eigenvalue weighted by atomic mass is 10.0. The number of aliphatic hydroxyl groups is 1. The normalized spacial score (nSPS) is 15.6. The number of hydrogen-bond acceptors (Lipinski definition) is 2. The zero-order chi connectivity index (χ0) is 8.85. The lowest BCUT2D eigenvalue weighted by molar-refractivity contribution is 0.329. The van der Waals surface area contributed by atoms with E-state index in [4.69, 9.17) is 5.11 Å². The molecule has 0 aromatic carbocycles. The topological polar surface area (TPSA) is 32.3 Å². The van der Waals surface area contributed by atoms with Crippen molar-refractivity contribution >= 4 is 0 Å². The first-order valence-electron chi connectivity index (χ1n) is 4.07. The number of likely N-dealkylation sites (N-methyl/N-ethyl adjacent to an activating group) is 1. The van der Waals surface area contributed by atoms with E-state index in [1.807, 2.05) is 14.0 Å². The molecule has 0 fully saturated rings. The fraction of sp³-hybridized carbons (Fsp3) is 0.778. The highest BCUT2D eigenvalue weighted by Crippen LogP contribution is 2.04. The van der Waals surface area contributed by atoms with Crippen molar-refractivity contribution in [3.8, 4) is 0 Å². The first-order valence-corrected chi connectivity index (χ1v) is 4.07. The molecule has 0 saturated heterocycles. The molecule has 0 radical (unpaired) electrons. The van der Waals surface area contributed by atoms with Crippen molar-refractivity contribution < 1.29 is 5.11 Å². The van der Waals surface area contributed by atoms with E-state index in [0.29, 0.717) is 12.0 Å². The molecule has 0 heterocycles. The zero-order valence-electron chi connectivity index (χ0n) is 7.89. The highest BCUT2D eigenvalue weighted by Gasteiger charge is 2.06. The van der Waals surface area contributed by atoms with Crippen LogP contribution in [0.3, 0.4) is 0 Å². The first-order chi connectivity index (χ1) is 5.11. The smallest absolute Gasteiger partial charge is 0.0639 e. The molecule has 0 aliphatic carbocycles. The number of aliphatic hydroxyl groups excluding tert-OH is 1. The second kappa shape index (κ2) is 5.33. The zero-order valence-corrected chi connectivity index (χ0v) is 7.89. The summed E-state index contributed by atoms with van der Waals surface area (Å²) in [5.41, 5.74) is 1.03. The summed E-state index contributed by atoms with van der Waals surface area (Å²) >= 11 is 0. The number of nitrogens with one attached hydrogen (secondary N) is 1. The molecule has 2 nitrogen and oxygen atoms in total. The minimum absolute atomic E-state index is 0.158. The summed E-state index contributed by atoms with van der Waals surface area (Å²) in [5.74, 6) is 0.571. The molecule has 1 atom stereocenters. The first kappa shape index (κ1) is 10.7. The Morgan fingerprint density at radius 3 is 2.36 bits per heavy atom. The summed E-state index contributed by atoms with van der Waals surface area (Å²) in [4.78, 5) is 0. The van der Waals surface area contributed by atoms with Crippen molar-refractivity contribution in [3.63, 3.8) is 0 Å². The molecule has 0 rings (SSSR count). The highest BCUT2D eigenvalue weighted by molar-refractivity contribution is 5.04. The van der Waals surface area contributed by atoms with Gasteiger partial charge in [0.15, 0.2) is 0 Å². The Hall–Kier alpha value is -0.340. The standard InChI is InChI=1S/C9H19NO/c1-7(2)9(10-4)5-8(3)6-11/h5,7,9-11H,6H2,1-4H3/b8-5+/t9-/m1/s1. The van der Waals surface area contributed by atoms with Crippen LogP contribution in [0.2, 0.25) is 0 Å². The largest absolute Gasteiger partial charge is 0.392 e. The van der Waals surface area contributed by atoms with Gasteiger partial charge in [-0.1, -0.05) is 25.5 Å². The average Bonchev–Trinajstić information content (AvgIpc) is 1.99. The van der Waals surface area contributed by atoms with Crippen molar-refractivity contribution in [1.82, 2.24) is 5.32 Å². The third-order valence-corrected chi connectivity index (χ3v) is 1.77. The molecular weight excluding hydrogens is 138 g/mol. The molecular formula is C9H19NO. The van der Waals surface area contributed by atoms with Gasteiger partial charge < -0.3 is 10.4 Å². The number of rotatable bonds is 4. The molecule has 0 spiro atoms. The highest BCUT2D eigenvalue weighted by atomic mass is 16.3. The van der Waals surface area contributed by atoms with Gasteiger partial charge in [0.2, 0.25) is 0 Å². The average molecular weight is 157 g/mol. The van der Waals surface area contributed by atoms with E-state index in [2.05, 4.69) is 25.2 Å². The lowest BCUT2D eigenvalue weighted by Crippen LogP contribution is -2.28. The molecule has 0 amide bonds. The van der Waals surface area contributed by atoms with Crippen LogP contribution in [-0.2, 0) is 0 Å². The van der Waals surface area contributed by atoms with Gasteiger partial charge in [-0.05, 0) is 19.9 Å². The van der Waals surface area contributed by atoms with Crippen molar-refractivity contribution in [2.24, 2.45) is 5.92 Å². The fourth-order valence-electron chi connectivity index (χ4n) is 0.968. The van der Waals surface area contributed by atoms with Gasteiger partial charge in [-0.2, -0.15) is 0 Å². The summed E-state index contributed by atoms with van der Waals surface area (Å²) in [6.07, 6.45) is 2.07. The Bertz CT molecular complexity index is 130. The second-order valence-electron chi connectivity index (χ2n) is 3.23. The summed E-state index contributed by atoms with van der Waals surface area (Å²) in [5, 5.41) is 11.9. The van der Waals surface area contributed by atoms with E-state index in [9.17, 15) is 0 Å². The molecule has 0 aromatic heterocycles. The fourth-order valence-corrected chi connectivity index (χ4v) is 0.968. The molecule has 0 aliphatic heterocycles. The van der Waals surface area contributed by atoms with Crippen molar-refractivity contribution in [2.45, 2.75) is 26.8 Å². The van der Waals surface area contributed by atoms with E-state index in [-0.39, 0.29) is 6.61 Å². The van der Waals surface area contributed by atoms with Gasteiger partial charge in [0.25, 0.3) is 0 Å². The molecule has 0 aromatic rings. The molecule has 0 bridgehead atoms. The third kappa shape index (κ3) is 4.17. The summed E-state index contributed by atoms with van der Waals surface area (Å²) in [6, 6.07) is 0.377. The Balaban J connectivity index is 4.06. The van der Waals surface area contributed by atoms with Gasteiger partial charge in [0, 0.05) is 6.04 Å². The van der Waals surface area contributed by atoms with Crippen LogP contribution in [0.15, 0.2) is 11.6 Å². The van der Waals surface area contributed by atoms with Gasteiger partial charge in [-0.25, -0.2) is 0 Å². The molecule has 2 heteroatoms. The molecule has 0 unspecified atom stereocenters. The van der Waals surface area contributed by atoms with Gasteiger partial charge >= 0.3 is 0 Å². The Kier molecular flexibility index (Phi) is 5.16. The Morgan fingerprint density at radius 1 is 1.55 bits per heavy atom. The van der Waals surface area contributed by atoms with E-state index in [1.54, 1.807) is 0 Å². The maximum Gasteiger partial charge on any atom is 0.0639 e. The van der Waals surface area contributed by atoms with Crippen molar-refractivity contribution in [3.05, 3.63) is 11.6 Å². The van der Waals surface area contributed by atoms with Crippen LogP contribution >= 0.6 is 0 Å². The van der Waals surface area contributed by atoms with Crippen LogP contribution < -0.4 is 5.32 Å². The van der Waals surface area contributed by atoms with Crippen molar-refractivity contribution in [1.29, 1.82) is 0 Å². The van der Waals surface area contributed by atoms with Gasteiger partial charge in [-0.3, -0.25) is 0 Å². The summed E-state index contributed by atoms with van der Waals surface area (Å²) in [7, 11) is 1.94. The van der Waals surface area contributed by atoms with E-state index in [1.165, 1.54) is 0 Å². The monoisotopic (exact) mass is 157 g/mol. The number of hydrogen-bond donors (Lipinski definition) is 2. The predicted molar refractivity (Wildman–Crippen MR) is 48.5 cm³/mol. The van der Waals surface area contributed by atoms with Gasteiger partial charge in [0.05, 0.1) is 6.61 Å². The maximum absolute atomic E-state index is 8.76. The van der Waals surface area contributed by atoms with Crippen LogP contribution in [0.4, 0.5) is 0 Å². The summed E-state index contributed by atoms with van der Waals surface area (Å²) in [6.45, 7) is 6.41.